The average Bonchev–Trinajstić information content (AvgIpc) is 2.53. The molecule has 5 nitrogen and oxygen atoms in total. The second-order valence-electron chi connectivity index (χ2n) is 5.22. The molecule has 2 aromatic carbocycles. The first-order valence-electron chi connectivity index (χ1n) is 6.91. The van der Waals surface area contributed by atoms with E-state index >= 15 is 0 Å². The summed E-state index contributed by atoms with van der Waals surface area (Å²) >= 11 is 0. The quantitative estimate of drug-likeness (QED) is 0.477. The number of carbonyl (C=O) groups excluding carboxylic acids is 1. The number of ether oxygens (including phenoxy) is 1. The van der Waals surface area contributed by atoms with E-state index in [1.54, 1.807) is 7.11 Å². The highest BCUT2D eigenvalue weighted by molar-refractivity contribution is 5.90. The Labute approximate surface area is 122 Å². The van der Waals surface area contributed by atoms with Gasteiger partial charge in [0.2, 0.25) is 5.91 Å². The van der Waals surface area contributed by atoms with Gasteiger partial charge in [0, 0.05) is 10.8 Å². The normalized spacial score (nSPS) is 16.9. The molecule has 5 heteroatoms. The molecule has 1 unspecified atom stereocenters. The standard InChI is InChI=1S/C16H15N3O2/c1-21-15-9-10-4-2-3-5-12(10)13-7-6-11(8-14(13)15)16(20)18-19-17/h2-5,9,11H,6-8H2,1H3. The largest absolute Gasteiger partial charge is 0.496 e. The lowest BCUT2D eigenvalue weighted by Gasteiger charge is -2.25. The van der Waals surface area contributed by atoms with Crippen molar-refractivity contribution in [2.45, 2.75) is 19.3 Å². The SMILES string of the molecule is COc1cc2ccccc2c2c1CC(C(=O)N=[N+]=[N-])CC2. The number of aryl methyl sites for hydroxylation is 1. The van der Waals surface area contributed by atoms with Crippen molar-refractivity contribution >= 4 is 16.7 Å². The van der Waals surface area contributed by atoms with Crippen molar-refractivity contribution in [3.63, 3.8) is 0 Å². The predicted molar refractivity (Wildman–Crippen MR) is 80.2 cm³/mol. The van der Waals surface area contributed by atoms with Crippen LogP contribution < -0.4 is 4.74 Å². The van der Waals surface area contributed by atoms with Gasteiger partial charge in [-0.2, -0.15) is 0 Å². The Bertz CT molecular complexity index is 763. The maximum atomic E-state index is 11.8. The fourth-order valence-electron chi connectivity index (χ4n) is 3.13. The number of fused-ring (bicyclic) bond motifs is 3. The molecule has 0 aromatic heterocycles. The van der Waals surface area contributed by atoms with Crippen molar-refractivity contribution in [1.29, 1.82) is 0 Å². The zero-order valence-electron chi connectivity index (χ0n) is 11.7. The number of hydrogen-bond donors (Lipinski definition) is 0. The van der Waals surface area contributed by atoms with Crippen LogP contribution in [0.25, 0.3) is 21.2 Å². The maximum Gasteiger partial charge on any atom is 0.222 e. The summed E-state index contributed by atoms with van der Waals surface area (Å²) in [5.74, 6) is 0.184. The fourth-order valence-corrected chi connectivity index (χ4v) is 3.13. The molecule has 0 saturated carbocycles. The lowest BCUT2D eigenvalue weighted by atomic mass is 9.80. The Kier molecular flexibility index (Phi) is 3.50. The van der Waals surface area contributed by atoms with E-state index < -0.39 is 0 Å². The molecule has 0 spiro atoms. The highest BCUT2D eigenvalue weighted by Crippen LogP contribution is 2.38. The van der Waals surface area contributed by atoms with Gasteiger partial charge in [-0.1, -0.05) is 24.3 Å². The highest BCUT2D eigenvalue weighted by atomic mass is 16.5. The van der Waals surface area contributed by atoms with Crippen molar-refractivity contribution < 1.29 is 9.53 Å². The number of azide groups is 1. The fraction of sp³-hybridized carbons (Fsp3) is 0.312. The topological polar surface area (TPSA) is 75.1 Å². The first-order valence-corrected chi connectivity index (χ1v) is 6.91. The number of rotatable bonds is 2. The van der Waals surface area contributed by atoms with Crippen LogP contribution in [-0.2, 0) is 17.6 Å². The Hall–Kier alpha value is -2.52. The van der Waals surface area contributed by atoms with Crippen molar-refractivity contribution in [3.8, 4) is 5.75 Å². The minimum Gasteiger partial charge on any atom is -0.496 e. The van der Waals surface area contributed by atoms with Crippen LogP contribution in [0.5, 0.6) is 5.75 Å². The summed E-state index contributed by atoms with van der Waals surface area (Å²) in [5, 5.41) is 5.60. The molecule has 106 valence electrons. The summed E-state index contributed by atoms with van der Waals surface area (Å²) in [6.45, 7) is 0. The smallest absolute Gasteiger partial charge is 0.222 e. The summed E-state index contributed by atoms with van der Waals surface area (Å²) in [7, 11) is 1.64. The Morgan fingerprint density at radius 2 is 2.19 bits per heavy atom. The number of carbonyl (C=O) groups is 1. The van der Waals surface area contributed by atoms with E-state index in [9.17, 15) is 4.79 Å². The molecular weight excluding hydrogens is 266 g/mol. The van der Waals surface area contributed by atoms with Crippen LogP contribution in [0, 0.1) is 5.92 Å². The highest BCUT2D eigenvalue weighted by Gasteiger charge is 2.27. The first-order chi connectivity index (χ1) is 10.2. The van der Waals surface area contributed by atoms with Crippen LogP contribution in [0.15, 0.2) is 35.4 Å². The Balaban J connectivity index is 2.11. The minimum atomic E-state index is -0.377. The van der Waals surface area contributed by atoms with E-state index in [1.165, 1.54) is 10.9 Å². The summed E-state index contributed by atoms with van der Waals surface area (Å²) in [6, 6.07) is 10.2. The third-order valence-electron chi connectivity index (χ3n) is 4.14. The van der Waals surface area contributed by atoms with Crippen LogP contribution in [0.2, 0.25) is 0 Å². The van der Waals surface area contributed by atoms with Gasteiger partial charge in [0.1, 0.15) is 5.75 Å². The Morgan fingerprint density at radius 1 is 1.38 bits per heavy atom. The third kappa shape index (κ3) is 2.32. The molecule has 0 aliphatic heterocycles. The number of benzene rings is 2. The van der Waals surface area contributed by atoms with Crippen LogP contribution >= 0.6 is 0 Å². The van der Waals surface area contributed by atoms with Crippen molar-refractivity contribution in [2.24, 2.45) is 11.0 Å². The van der Waals surface area contributed by atoms with Crippen LogP contribution in [-0.4, -0.2) is 13.0 Å². The summed E-state index contributed by atoms with van der Waals surface area (Å²) in [6.07, 6.45) is 2.08. The molecule has 0 N–H and O–H groups in total. The number of methoxy groups -OCH3 is 1. The average molecular weight is 281 g/mol. The van der Waals surface area contributed by atoms with E-state index in [1.807, 2.05) is 18.2 Å². The first kappa shape index (κ1) is 13.5. The lowest BCUT2D eigenvalue weighted by molar-refractivity contribution is -0.122. The number of amides is 1. The van der Waals surface area contributed by atoms with Gasteiger partial charge in [-0.05, 0) is 57.9 Å². The van der Waals surface area contributed by atoms with E-state index in [-0.39, 0.29) is 11.8 Å². The number of nitrogens with zero attached hydrogens (tertiary/aromatic N) is 3. The molecule has 1 atom stereocenters. The van der Waals surface area contributed by atoms with Crippen molar-refractivity contribution in [2.75, 3.05) is 7.11 Å². The van der Waals surface area contributed by atoms with Gasteiger partial charge in [-0.15, -0.1) is 0 Å². The van der Waals surface area contributed by atoms with Crippen LogP contribution in [0.3, 0.4) is 0 Å². The van der Waals surface area contributed by atoms with Gasteiger partial charge >= 0.3 is 0 Å². The van der Waals surface area contributed by atoms with E-state index in [2.05, 4.69) is 22.2 Å². The molecular formula is C16H15N3O2. The van der Waals surface area contributed by atoms with Crippen molar-refractivity contribution in [3.05, 3.63) is 51.9 Å². The van der Waals surface area contributed by atoms with Gasteiger partial charge < -0.3 is 4.74 Å². The molecule has 2 aromatic rings. The molecule has 0 fully saturated rings. The summed E-state index contributed by atoms with van der Waals surface area (Å²) < 4.78 is 5.49. The number of hydrogen-bond acceptors (Lipinski definition) is 2. The van der Waals surface area contributed by atoms with E-state index in [0.717, 1.165) is 23.1 Å². The van der Waals surface area contributed by atoms with Gasteiger partial charge in [0.15, 0.2) is 0 Å². The monoisotopic (exact) mass is 281 g/mol. The van der Waals surface area contributed by atoms with Crippen molar-refractivity contribution in [1.82, 2.24) is 0 Å². The van der Waals surface area contributed by atoms with Gasteiger partial charge in [0.25, 0.3) is 0 Å². The van der Waals surface area contributed by atoms with E-state index in [4.69, 9.17) is 10.3 Å². The second kappa shape index (κ2) is 5.46. The Morgan fingerprint density at radius 3 is 2.95 bits per heavy atom. The maximum absolute atomic E-state index is 11.8. The van der Waals surface area contributed by atoms with Gasteiger partial charge in [-0.25, -0.2) is 0 Å². The van der Waals surface area contributed by atoms with Gasteiger partial charge in [-0.3, -0.25) is 4.79 Å². The minimum absolute atomic E-state index is 0.247. The molecule has 0 saturated heterocycles. The van der Waals surface area contributed by atoms with E-state index in [0.29, 0.717) is 12.8 Å². The molecule has 0 radical (unpaired) electrons. The zero-order valence-corrected chi connectivity index (χ0v) is 11.7. The zero-order chi connectivity index (χ0) is 14.8. The van der Waals surface area contributed by atoms with Gasteiger partial charge in [0.05, 0.1) is 7.11 Å². The summed E-state index contributed by atoms with van der Waals surface area (Å²) in [4.78, 5) is 14.4. The lowest BCUT2D eigenvalue weighted by Crippen LogP contribution is -2.21. The molecule has 0 heterocycles. The third-order valence-corrected chi connectivity index (χ3v) is 4.14. The molecule has 21 heavy (non-hydrogen) atoms. The molecule has 3 rings (SSSR count). The second-order valence-corrected chi connectivity index (χ2v) is 5.22. The van der Waals surface area contributed by atoms with Crippen LogP contribution in [0.1, 0.15) is 17.5 Å². The molecule has 0 bridgehead atoms. The summed E-state index contributed by atoms with van der Waals surface area (Å²) in [5.41, 5.74) is 10.7. The molecule has 1 amide bonds. The predicted octanol–water partition coefficient (Wildman–Crippen LogP) is 3.79. The van der Waals surface area contributed by atoms with Crippen LogP contribution in [0.4, 0.5) is 0 Å². The molecule has 1 aliphatic rings. The molecule has 1 aliphatic carbocycles.